The van der Waals surface area contributed by atoms with Gasteiger partial charge in [-0.25, -0.2) is 4.98 Å². The summed E-state index contributed by atoms with van der Waals surface area (Å²) in [6.07, 6.45) is 6.84. The molecule has 0 saturated heterocycles. The lowest BCUT2D eigenvalue weighted by Crippen LogP contribution is -2.18. The molecule has 0 spiro atoms. The van der Waals surface area contributed by atoms with Gasteiger partial charge < -0.3 is 15.2 Å². The number of hydrogen-bond donors (Lipinski definition) is 2. The second-order valence-corrected chi connectivity index (χ2v) is 6.46. The number of phenols is 1. The summed E-state index contributed by atoms with van der Waals surface area (Å²) in [5, 5.41) is 13.3. The van der Waals surface area contributed by atoms with Gasteiger partial charge in [-0.3, -0.25) is 4.98 Å². The number of hydrogen-bond acceptors (Lipinski definition) is 5. The van der Waals surface area contributed by atoms with Crippen molar-refractivity contribution in [2.45, 2.75) is 25.3 Å². The first-order chi connectivity index (χ1) is 12.7. The minimum atomic E-state index is 0.109. The number of rotatable bonds is 4. The van der Waals surface area contributed by atoms with Gasteiger partial charge in [0.25, 0.3) is 0 Å². The predicted molar refractivity (Wildman–Crippen MR) is 101 cm³/mol. The van der Waals surface area contributed by atoms with Crippen LogP contribution in [0.3, 0.4) is 0 Å². The van der Waals surface area contributed by atoms with Crippen LogP contribution in [0.4, 0.5) is 5.82 Å². The molecule has 3 aromatic rings. The fourth-order valence-electron chi connectivity index (χ4n) is 3.49. The molecule has 1 aliphatic rings. The van der Waals surface area contributed by atoms with E-state index in [2.05, 4.69) is 34.6 Å². The van der Waals surface area contributed by atoms with Gasteiger partial charge in [0.05, 0.1) is 31.2 Å². The minimum absolute atomic E-state index is 0.109. The summed E-state index contributed by atoms with van der Waals surface area (Å²) in [4.78, 5) is 9.04. The molecule has 5 nitrogen and oxygen atoms in total. The summed E-state index contributed by atoms with van der Waals surface area (Å²) in [5.74, 6) is 1.28. The van der Waals surface area contributed by atoms with E-state index >= 15 is 0 Å². The summed E-state index contributed by atoms with van der Waals surface area (Å²) in [6.45, 7) is 0. The molecular formula is C21H21N3O2. The van der Waals surface area contributed by atoms with Gasteiger partial charge in [0, 0.05) is 5.56 Å². The average molecular weight is 347 g/mol. The maximum atomic E-state index is 9.77. The van der Waals surface area contributed by atoms with Crippen molar-refractivity contribution >= 4 is 5.82 Å². The SMILES string of the molecule is COc1cc(-c2cncc(N[C@H]3CCCc4ccccc43)n2)ccc1O. The van der Waals surface area contributed by atoms with Crippen molar-refractivity contribution < 1.29 is 9.84 Å². The van der Waals surface area contributed by atoms with Gasteiger partial charge in [-0.1, -0.05) is 24.3 Å². The van der Waals surface area contributed by atoms with E-state index in [1.165, 1.54) is 18.2 Å². The highest BCUT2D eigenvalue weighted by Gasteiger charge is 2.20. The Morgan fingerprint density at radius 2 is 2.04 bits per heavy atom. The van der Waals surface area contributed by atoms with E-state index in [9.17, 15) is 5.11 Å². The molecule has 1 aliphatic carbocycles. The van der Waals surface area contributed by atoms with Crippen molar-refractivity contribution in [1.29, 1.82) is 0 Å². The molecule has 0 bridgehead atoms. The molecule has 1 atom stereocenters. The Balaban J connectivity index is 1.61. The molecule has 0 aliphatic heterocycles. The lowest BCUT2D eigenvalue weighted by Gasteiger charge is -2.26. The lowest BCUT2D eigenvalue weighted by molar-refractivity contribution is 0.373. The van der Waals surface area contributed by atoms with Crippen molar-refractivity contribution in [1.82, 2.24) is 9.97 Å². The van der Waals surface area contributed by atoms with Gasteiger partial charge in [-0.2, -0.15) is 0 Å². The monoisotopic (exact) mass is 347 g/mol. The highest BCUT2D eigenvalue weighted by molar-refractivity contribution is 5.64. The molecule has 1 heterocycles. The number of benzene rings is 2. The molecule has 5 heteroatoms. The molecule has 26 heavy (non-hydrogen) atoms. The Morgan fingerprint density at radius 3 is 2.92 bits per heavy atom. The van der Waals surface area contributed by atoms with Crippen molar-refractivity contribution in [3.05, 3.63) is 66.0 Å². The Labute approximate surface area is 152 Å². The maximum Gasteiger partial charge on any atom is 0.161 e. The average Bonchev–Trinajstić information content (AvgIpc) is 2.69. The normalized spacial score (nSPS) is 16.0. The third-order valence-corrected chi connectivity index (χ3v) is 4.80. The molecule has 0 saturated carbocycles. The molecule has 4 rings (SSSR count). The smallest absolute Gasteiger partial charge is 0.161 e. The Bertz CT molecular complexity index is 927. The van der Waals surface area contributed by atoms with Crippen molar-refractivity contribution in [3.63, 3.8) is 0 Å². The number of phenolic OH excluding ortho intramolecular Hbond substituents is 1. The fourth-order valence-corrected chi connectivity index (χ4v) is 3.49. The number of nitrogens with one attached hydrogen (secondary N) is 1. The maximum absolute atomic E-state index is 9.77. The molecule has 0 fully saturated rings. The third-order valence-electron chi connectivity index (χ3n) is 4.80. The van der Waals surface area contributed by atoms with Crippen LogP contribution in [0, 0.1) is 0 Å². The van der Waals surface area contributed by atoms with E-state index in [-0.39, 0.29) is 11.8 Å². The predicted octanol–water partition coefficient (Wildman–Crippen LogP) is 4.35. The first-order valence-electron chi connectivity index (χ1n) is 8.78. The zero-order chi connectivity index (χ0) is 17.9. The van der Waals surface area contributed by atoms with E-state index in [0.29, 0.717) is 5.75 Å². The van der Waals surface area contributed by atoms with Crippen LogP contribution >= 0.6 is 0 Å². The number of aromatic nitrogens is 2. The third kappa shape index (κ3) is 3.20. The molecule has 2 aromatic carbocycles. The highest BCUT2D eigenvalue weighted by atomic mass is 16.5. The zero-order valence-corrected chi connectivity index (χ0v) is 14.6. The van der Waals surface area contributed by atoms with Crippen LogP contribution < -0.4 is 10.1 Å². The summed E-state index contributed by atoms with van der Waals surface area (Å²) in [5.41, 5.74) is 4.33. The van der Waals surface area contributed by atoms with E-state index in [1.807, 2.05) is 6.07 Å². The summed E-state index contributed by atoms with van der Waals surface area (Å²) < 4.78 is 5.18. The van der Waals surface area contributed by atoms with E-state index in [0.717, 1.165) is 36.3 Å². The highest BCUT2D eigenvalue weighted by Crippen LogP contribution is 2.33. The summed E-state index contributed by atoms with van der Waals surface area (Å²) >= 11 is 0. The van der Waals surface area contributed by atoms with Crippen LogP contribution in [0.2, 0.25) is 0 Å². The Kier molecular flexibility index (Phi) is 4.44. The van der Waals surface area contributed by atoms with Crippen molar-refractivity contribution in [2.75, 3.05) is 12.4 Å². The van der Waals surface area contributed by atoms with Gasteiger partial charge in [-0.05, 0) is 48.6 Å². The van der Waals surface area contributed by atoms with E-state index in [4.69, 9.17) is 9.72 Å². The van der Waals surface area contributed by atoms with Crippen LogP contribution in [-0.2, 0) is 6.42 Å². The number of aromatic hydroxyl groups is 1. The molecule has 1 aromatic heterocycles. The molecule has 132 valence electrons. The quantitative estimate of drug-likeness (QED) is 0.734. The second-order valence-electron chi connectivity index (χ2n) is 6.46. The lowest BCUT2D eigenvalue weighted by atomic mass is 9.88. The van der Waals surface area contributed by atoms with Crippen LogP contribution in [-0.4, -0.2) is 22.2 Å². The number of anilines is 1. The van der Waals surface area contributed by atoms with Crippen LogP contribution in [0.1, 0.15) is 30.0 Å². The Morgan fingerprint density at radius 1 is 1.15 bits per heavy atom. The van der Waals surface area contributed by atoms with Gasteiger partial charge in [0.15, 0.2) is 11.5 Å². The molecular weight excluding hydrogens is 326 g/mol. The van der Waals surface area contributed by atoms with Crippen LogP contribution in [0.15, 0.2) is 54.9 Å². The van der Waals surface area contributed by atoms with Gasteiger partial charge in [0.2, 0.25) is 0 Å². The minimum Gasteiger partial charge on any atom is -0.504 e. The Hall–Kier alpha value is -3.08. The fraction of sp³-hybridized carbons (Fsp3) is 0.238. The molecule has 0 radical (unpaired) electrons. The largest absolute Gasteiger partial charge is 0.504 e. The molecule has 0 unspecified atom stereocenters. The number of methoxy groups -OCH3 is 1. The van der Waals surface area contributed by atoms with Crippen LogP contribution in [0.25, 0.3) is 11.3 Å². The van der Waals surface area contributed by atoms with Crippen LogP contribution in [0.5, 0.6) is 11.5 Å². The van der Waals surface area contributed by atoms with E-state index < -0.39 is 0 Å². The number of aryl methyl sites for hydroxylation is 1. The van der Waals surface area contributed by atoms with Crippen molar-refractivity contribution in [2.24, 2.45) is 0 Å². The van der Waals surface area contributed by atoms with Gasteiger partial charge in [-0.15, -0.1) is 0 Å². The number of nitrogens with zero attached hydrogens (tertiary/aromatic N) is 2. The molecule has 0 amide bonds. The second kappa shape index (κ2) is 7.04. The van der Waals surface area contributed by atoms with Crippen molar-refractivity contribution in [3.8, 4) is 22.8 Å². The van der Waals surface area contributed by atoms with Gasteiger partial charge in [0.1, 0.15) is 5.82 Å². The molecule has 2 N–H and O–H groups in total. The standard InChI is InChI=1S/C21H21N3O2/c1-26-20-11-15(9-10-19(20)25)18-12-22-13-21(24-18)23-17-8-4-6-14-5-2-3-7-16(14)17/h2-3,5,7,9-13,17,25H,4,6,8H2,1H3,(H,23,24)/t17-/m0/s1. The first kappa shape index (κ1) is 16.4. The first-order valence-corrected chi connectivity index (χ1v) is 8.78. The number of ether oxygens (including phenoxy) is 1. The topological polar surface area (TPSA) is 67.3 Å². The summed E-state index contributed by atoms with van der Waals surface area (Å²) in [7, 11) is 1.53. The summed E-state index contributed by atoms with van der Waals surface area (Å²) in [6, 6.07) is 14.0. The van der Waals surface area contributed by atoms with E-state index in [1.54, 1.807) is 24.5 Å². The zero-order valence-electron chi connectivity index (χ0n) is 14.6. The van der Waals surface area contributed by atoms with Gasteiger partial charge >= 0.3 is 0 Å². The number of fused-ring (bicyclic) bond motifs is 1.